The van der Waals surface area contributed by atoms with Crippen LogP contribution < -0.4 is 4.72 Å². The van der Waals surface area contributed by atoms with E-state index in [0.29, 0.717) is 5.76 Å². The molecule has 0 saturated heterocycles. The summed E-state index contributed by atoms with van der Waals surface area (Å²) in [4.78, 5) is 3.71. The van der Waals surface area contributed by atoms with Gasteiger partial charge in [-0.05, 0) is 41.1 Å². The predicted octanol–water partition coefficient (Wildman–Crippen LogP) is 2.36. The van der Waals surface area contributed by atoms with Crippen LogP contribution in [0, 0.1) is 12.7 Å². The second kappa shape index (κ2) is 5.40. The lowest BCUT2D eigenvalue weighted by atomic mass is 10.3. The van der Waals surface area contributed by atoms with Crippen molar-refractivity contribution < 1.29 is 17.2 Å². The van der Waals surface area contributed by atoms with E-state index in [1.165, 1.54) is 18.3 Å². The molecular formula is C11H10BrFN2O3S. The Balaban J connectivity index is 2.16. The molecule has 1 heterocycles. The molecule has 2 aromatic rings. The third kappa shape index (κ3) is 3.40. The third-order valence-electron chi connectivity index (χ3n) is 2.28. The van der Waals surface area contributed by atoms with Crippen molar-refractivity contribution in [1.29, 1.82) is 0 Å². The first-order chi connectivity index (χ1) is 8.88. The van der Waals surface area contributed by atoms with E-state index < -0.39 is 15.8 Å². The number of benzene rings is 1. The lowest BCUT2D eigenvalue weighted by Gasteiger charge is -2.05. The SMILES string of the molecule is Cc1cnc(CNS(=O)(=O)c2ccc(Br)c(F)c2)o1. The molecule has 0 aliphatic heterocycles. The van der Waals surface area contributed by atoms with Crippen LogP contribution in [-0.4, -0.2) is 13.4 Å². The number of rotatable bonds is 4. The zero-order valence-electron chi connectivity index (χ0n) is 9.85. The van der Waals surface area contributed by atoms with Gasteiger partial charge in [0.05, 0.1) is 22.1 Å². The van der Waals surface area contributed by atoms with Gasteiger partial charge in [-0.2, -0.15) is 0 Å². The molecule has 2 rings (SSSR count). The molecule has 0 amide bonds. The first-order valence-electron chi connectivity index (χ1n) is 5.24. The Morgan fingerprint density at radius 3 is 2.79 bits per heavy atom. The first kappa shape index (κ1) is 14.2. The number of nitrogens with zero attached hydrogens (tertiary/aromatic N) is 1. The van der Waals surface area contributed by atoms with Crippen LogP contribution in [0.5, 0.6) is 0 Å². The summed E-state index contributed by atoms with van der Waals surface area (Å²) >= 11 is 2.96. The molecule has 0 saturated carbocycles. The molecule has 0 fully saturated rings. The Morgan fingerprint density at radius 1 is 1.47 bits per heavy atom. The van der Waals surface area contributed by atoms with Gasteiger partial charge < -0.3 is 4.42 Å². The van der Waals surface area contributed by atoms with E-state index in [-0.39, 0.29) is 21.8 Å². The van der Waals surface area contributed by atoms with E-state index in [0.717, 1.165) is 6.07 Å². The quantitative estimate of drug-likeness (QED) is 0.920. The number of aromatic nitrogens is 1. The smallest absolute Gasteiger partial charge is 0.241 e. The van der Waals surface area contributed by atoms with E-state index in [4.69, 9.17) is 4.42 Å². The molecule has 0 spiro atoms. The fourth-order valence-corrected chi connectivity index (χ4v) is 2.60. The van der Waals surface area contributed by atoms with E-state index in [1.807, 2.05) is 0 Å². The van der Waals surface area contributed by atoms with Crippen LogP contribution in [0.4, 0.5) is 4.39 Å². The summed E-state index contributed by atoms with van der Waals surface area (Å²) in [6.07, 6.45) is 1.49. The van der Waals surface area contributed by atoms with Crippen molar-refractivity contribution in [2.75, 3.05) is 0 Å². The highest BCUT2D eigenvalue weighted by atomic mass is 79.9. The standard InChI is InChI=1S/C11H10BrFN2O3S/c1-7-5-14-11(18-7)6-15-19(16,17)8-2-3-9(12)10(13)4-8/h2-5,15H,6H2,1H3. The van der Waals surface area contributed by atoms with Gasteiger partial charge in [-0.1, -0.05) is 0 Å². The van der Waals surface area contributed by atoms with Gasteiger partial charge in [0.15, 0.2) is 0 Å². The summed E-state index contributed by atoms with van der Waals surface area (Å²) in [5.74, 6) is 0.192. The van der Waals surface area contributed by atoms with Crippen LogP contribution >= 0.6 is 15.9 Å². The highest BCUT2D eigenvalue weighted by Crippen LogP contribution is 2.19. The molecule has 0 unspecified atom stereocenters. The van der Waals surface area contributed by atoms with Gasteiger partial charge in [-0.15, -0.1) is 0 Å². The van der Waals surface area contributed by atoms with Crippen molar-refractivity contribution in [2.45, 2.75) is 18.4 Å². The molecule has 102 valence electrons. The molecule has 1 N–H and O–H groups in total. The minimum absolute atomic E-state index is 0.0894. The molecule has 19 heavy (non-hydrogen) atoms. The van der Waals surface area contributed by atoms with Crippen molar-refractivity contribution in [2.24, 2.45) is 0 Å². The molecular weight excluding hydrogens is 339 g/mol. The maximum absolute atomic E-state index is 13.3. The number of hydrogen-bond donors (Lipinski definition) is 1. The fraction of sp³-hybridized carbons (Fsp3) is 0.182. The average Bonchev–Trinajstić information content (AvgIpc) is 2.76. The highest BCUT2D eigenvalue weighted by Gasteiger charge is 2.16. The molecule has 0 aliphatic rings. The summed E-state index contributed by atoms with van der Waals surface area (Å²) in [6, 6.07) is 3.57. The Morgan fingerprint density at radius 2 is 2.21 bits per heavy atom. The van der Waals surface area contributed by atoms with E-state index >= 15 is 0 Å². The van der Waals surface area contributed by atoms with Gasteiger partial charge in [0.2, 0.25) is 15.9 Å². The van der Waals surface area contributed by atoms with Crippen LogP contribution in [0.25, 0.3) is 0 Å². The van der Waals surface area contributed by atoms with Gasteiger partial charge in [-0.25, -0.2) is 22.5 Å². The van der Waals surface area contributed by atoms with Crippen LogP contribution in [0.1, 0.15) is 11.7 Å². The van der Waals surface area contributed by atoms with Crippen LogP contribution in [-0.2, 0) is 16.6 Å². The van der Waals surface area contributed by atoms with Gasteiger partial charge in [-0.3, -0.25) is 0 Å². The van der Waals surface area contributed by atoms with E-state index in [9.17, 15) is 12.8 Å². The number of sulfonamides is 1. The summed E-state index contributed by atoms with van der Waals surface area (Å²) in [5, 5.41) is 0. The van der Waals surface area contributed by atoms with E-state index in [1.54, 1.807) is 6.92 Å². The zero-order valence-corrected chi connectivity index (χ0v) is 12.3. The van der Waals surface area contributed by atoms with Gasteiger partial charge >= 0.3 is 0 Å². The second-order valence-electron chi connectivity index (χ2n) is 3.77. The summed E-state index contributed by atoms with van der Waals surface area (Å²) < 4.78 is 44.8. The number of nitrogens with one attached hydrogen (secondary N) is 1. The molecule has 8 heteroatoms. The Hall–Kier alpha value is -1.25. The lowest BCUT2D eigenvalue weighted by molar-refractivity contribution is 0.463. The molecule has 0 bridgehead atoms. The number of halogens is 2. The van der Waals surface area contributed by atoms with Gasteiger partial charge in [0.1, 0.15) is 11.6 Å². The highest BCUT2D eigenvalue weighted by molar-refractivity contribution is 9.10. The number of oxazole rings is 1. The second-order valence-corrected chi connectivity index (χ2v) is 6.39. The maximum Gasteiger partial charge on any atom is 0.241 e. The fourth-order valence-electron chi connectivity index (χ4n) is 1.37. The van der Waals surface area contributed by atoms with Gasteiger partial charge in [0.25, 0.3) is 0 Å². The monoisotopic (exact) mass is 348 g/mol. The van der Waals surface area contributed by atoms with Crippen LogP contribution in [0.2, 0.25) is 0 Å². The Kier molecular flexibility index (Phi) is 4.02. The maximum atomic E-state index is 13.3. The van der Waals surface area contributed by atoms with Crippen LogP contribution in [0.15, 0.2) is 38.2 Å². The van der Waals surface area contributed by atoms with Crippen molar-refractivity contribution >= 4 is 26.0 Å². The molecule has 1 aromatic heterocycles. The van der Waals surface area contributed by atoms with Crippen molar-refractivity contribution in [3.8, 4) is 0 Å². The third-order valence-corrected chi connectivity index (χ3v) is 4.33. The molecule has 5 nitrogen and oxygen atoms in total. The number of hydrogen-bond acceptors (Lipinski definition) is 4. The Labute approximate surface area is 118 Å². The first-order valence-corrected chi connectivity index (χ1v) is 7.52. The normalized spacial score (nSPS) is 11.7. The summed E-state index contributed by atoms with van der Waals surface area (Å²) in [6.45, 7) is 1.61. The van der Waals surface area contributed by atoms with Crippen molar-refractivity contribution in [3.63, 3.8) is 0 Å². The minimum Gasteiger partial charge on any atom is -0.445 e. The summed E-state index contributed by atoms with van der Waals surface area (Å²) in [7, 11) is -3.80. The molecule has 0 aliphatic carbocycles. The Bertz CT molecular complexity index is 700. The predicted molar refractivity (Wildman–Crippen MR) is 69.4 cm³/mol. The lowest BCUT2D eigenvalue weighted by Crippen LogP contribution is -2.23. The van der Waals surface area contributed by atoms with Gasteiger partial charge in [0, 0.05) is 0 Å². The van der Waals surface area contributed by atoms with Crippen molar-refractivity contribution in [3.05, 3.63) is 46.3 Å². The number of aryl methyl sites for hydroxylation is 1. The largest absolute Gasteiger partial charge is 0.445 e. The zero-order chi connectivity index (χ0) is 14.0. The average molecular weight is 349 g/mol. The molecule has 1 aromatic carbocycles. The summed E-state index contributed by atoms with van der Waals surface area (Å²) in [5.41, 5.74) is 0. The van der Waals surface area contributed by atoms with Crippen molar-refractivity contribution in [1.82, 2.24) is 9.71 Å². The van der Waals surface area contributed by atoms with E-state index in [2.05, 4.69) is 25.6 Å². The topological polar surface area (TPSA) is 72.2 Å². The minimum atomic E-state index is -3.80. The molecule has 0 atom stereocenters. The van der Waals surface area contributed by atoms with Crippen LogP contribution in [0.3, 0.4) is 0 Å². The molecule has 0 radical (unpaired) electrons.